The molecule has 0 spiro atoms. The molecule has 2 aliphatic rings. The van der Waals surface area contributed by atoms with Gasteiger partial charge in [-0.2, -0.15) is 0 Å². The van der Waals surface area contributed by atoms with Crippen LogP contribution in [0.3, 0.4) is 0 Å². The number of thiazole rings is 1. The zero-order valence-corrected chi connectivity index (χ0v) is 19.0. The van der Waals surface area contributed by atoms with Crippen molar-refractivity contribution in [1.82, 2.24) is 4.98 Å². The predicted octanol–water partition coefficient (Wildman–Crippen LogP) is 3.78. The first kappa shape index (κ1) is 21.5. The Bertz CT molecular complexity index is 1200. The molecule has 2 fully saturated rings. The number of hydrogen-bond donors (Lipinski definition) is 0. The minimum atomic E-state index is -0.219. The van der Waals surface area contributed by atoms with Crippen molar-refractivity contribution < 1.29 is 23.9 Å². The normalized spacial score (nSPS) is 18.3. The van der Waals surface area contributed by atoms with Gasteiger partial charge in [0, 0.05) is 25.0 Å². The molecule has 8 nitrogen and oxygen atoms in total. The van der Waals surface area contributed by atoms with E-state index in [2.05, 4.69) is 0 Å². The maximum absolute atomic E-state index is 13.6. The number of fused-ring (bicyclic) bond motifs is 1. The van der Waals surface area contributed by atoms with Crippen LogP contribution in [-0.4, -0.2) is 49.1 Å². The Kier molecular flexibility index (Phi) is 5.82. The lowest BCUT2D eigenvalue weighted by Crippen LogP contribution is -2.37. The van der Waals surface area contributed by atoms with Gasteiger partial charge in [0.1, 0.15) is 5.75 Å². The molecular weight excluding hydrogens is 442 g/mol. The average molecular weight is 466 g/mol. The summed E-state index contributed by atoms with van der Waals surface area (Å²) in [5.41, 5.74) is 1.73. The molecule has 2 aromatic carbocycles. The molecule has 5 rings (SSSR count). The molecular formula is C24H23N3O5S. The highest BCUT2D eigenvalue weighted by molar-refractivity contribution is 7.22. The Hall–Kier alpha value is -3.30. The monoisotopic (exact) mass is 465 g/mol. The minimum Gasteiger partial charge on any atom is -0.497 e. The first-order valence-electron chi connectivity index (χ1n) is 10.9. The summed E-state index contributed by atoms with van der Waals surface area (Å²) in [4.78, 5) is 45.1. The van der Waals surface area contributed by atoms with Crippen molar-refractivity contribution in [3.63, 3.8) is 0 Å². The first-order valence-corrected chi connectivity index (χ1v) is 11.7. The number of ether oxygens (including phenoxy) is 2. The molecule has 0 radical (unpaired) electrons. The lowest BCUT2D eigenvalue weighted by atomic mass is 10.1. The average Bonchev–Trinajstić information content (AvgIpc) is 3.57. The molecule has 3 heterocycles. The molecule has 0 N–H and O–H groups in total. The second-order valence-electron chi connectivity index (χ2n) is 8.05. The largest absolute Gasteiger partial charge is 0.497 e. The van der Waals surface area contributed by atoms with Crippen molar-refractivity contribution >= 4 is 50.1 Å². The van der Waals surface area contributed by atoms with E-state index in [1.54, 1.807) is 36.3 Å². The van der Waals surface area contributed by atoms with Gasteiger partial charge >= 0.3 is 0 Å². The second-order valence-corrected chi connectivity index (χ2v) is 9.06. The van der Waals surface area contributed by atoms with Crippen molar-refractivity contribution in [2.75, 3.05) is 30.1 Å². The number of imide groups is 1. The Balaban J connectivity index is 1.45. The fourth-order valence-electron chi connectivity index (χ4n) is 4.15. The second kappa shape index (κ2) is 8.92. The van der Waals surface area contributed by atoms with Crippen molar-refractivity contribution in [2.45, 2.75) is 31.8 Å². The van der Waals surface area contributed by atoms with Gasteiger partial charge in [-0.3, -0.25) is 24.2 Å². The van der Waals surface area contributed by atoms with Crippen LogP contribution < -0.4 is 14.5 Å². The summed E-state index contributed by atoms with van der Waals surface area (Å²) in [6.07, 6.45) is 2.25. The summed E-state index contributed by atoms with van der Waals surface area (Å²) in [6, 6.07) is 12.2. The zero-order chi connectivity index (χ0) is 22.9. The quantitative estimate of drug-likeness (QED) is 0.515. The number of carbonyl (C=O) groups excluding carboxylic acids is 3. The third kappa shape index (κ3) is 4.21. The van der Waals surface area contributed by atoms with Gasteiger partial charge in [0.05, 0.1) is 35.7 Å². The van der Waals surface area contributed by atoms with Crippen LogP contribution in [0, 0.1) is 0 Å². The van der Waals surface area contributed by atoms with Gasteiger partial charge in [0.25, 0.3) is 5.91 Å². The first-order chi connectivity index (χ1) is 16.0. The highest BCUT2D eigenvalue weighted by atomic mass is 32.1. The van der Waals surface area contributed by atoms with Gasteiger partial charge in [-0.15, -0.1) is 0 Å². The lowest BCUT2D eigenvalue weighted by Gasteiger charge is -2.23. The number of aromatic nitrogens is 1. The van der Waals surface area contributed by atoms with Crippen LogP contribution in [0.1, 0.15) is 36.0 Å². The fraction of sp³-hybridized carbons (Fsp3) is 0.333. The summed E-state index contributed by atoms with van der Waals surface area (Å²) < 4.78 is 12.0. The van der Waals surface area contributed by atoms with Gasteiger partial charge in [-0.25, -0.2) is 4.98 Å². The topological polar surface area (TPSA) is 89.0 Å². The Morgan fingerprint density at radius 3 is 2.61 bits per heavy atom. The molecule has 170 valence electrons. The molecule has 1 atom stereocenters. The number of benzene rings is 2. The number of anilines is 2. The number of amides is 3. The molecule has 9 heteroatoms. The van der Waals surface area contributed by atoms with E-state index in [1.165, 1.54) is 16.2 Å². The van der Waals surface area contributed by atoms with E-state index in [9.17, 15) is 14.4 Å². The maximum atomic E-state index is 13.6. The molecule has 33 heavy (non-hydrogen) atoms. The molecule has 1 unspecified atom stereocenters. The third-order valence-electron chi connectivity index (χ3n) is 5.89. The molecule has 0 bridgehead atoms. The van der Waals surface area contributed by atoms with Crippen LogP contribution in [0.2, 0.25) is 0 Å². The van der Waals surface area contributed by atoms with Gasteiger partial charge in [0.2, 0.25) is 11.8 Å². The number of hydrogen-bond acceptors (Lipinski definition) is 7. The summed E-state index contributed by atoms with van der Waals surface area (Å²) in [5.74, 6) is 0.0893. The molecule has 1 aromatic heterocycles. The third-order valence-corrected chi connectivity index (χ3v) is 6.94. The van der Waals surface area contributed by atoms with Crippen LogP contribution >= 0.6 is 11.3 Å². The molecule has 3 amide bonds. The van der Waals surface area contributed by atoms with E-state index < -0.39 is 0 Å². The van der Waals surface area contributed by atoms with Crippen molar-refractivity contribution in [3.8, 4) is 5.75 Å². The smallest absolute Gasteiger partial charge is 0.260 e. The lowest BCUT2D eigenvalue weighted by molar-refractivity contribution is -0.121. The number of nitrogens with zero attached hydrogens (tertiary/aromatic N) is 3. The van der Waals surface area contributed by atoms with Crippen molar-refractivity contribution in [1.29, 1.82) is 0 Å². The molecule has 0 aliphatic carbocycles. The van der Waals surface area contributed by atoms with E-state index >= 15 is 0 Å². The maximum Gasteiger partial charge on any atom is 0.260 e. The Morgan fingerprint density at radius 2 is 1.94 bits per heavy atom. The summed E-state index contributed by atoms with van der Waals surface area (Å²) in [6.45, 7) is 1.09. The molecule has 2 aliphatic heterocycles. The fourth-order valence-corrected chi connectivity index (χ4v) is 5.15. The van der Waals surface area contributed by atoms with Crippen LogP contribution in [0.4, 0.5) is 10.8 Å². The van der Waals surface area contributed by atoms with Gasteiger partial charge in [-0.05, 0) is 55.3 Å². The highest BCUT2D eigenvalue weighted by Crippen LogP contribution is 2.33. The van der Waals surface area contributed by atoms with Crippen LogP contribution in [0.15, 0.2) is 42.5 Å². The standard InChI is InChI=1S/C24H23N3O5S/c1-31-17-8-9-19-20(13-17)33-24(25-19)26(14-18-3-2-12-32-18)23(30)15-4-6-16(7-5-15)27-21(28)10-11-22(27)29/h4-9,13,18H,2-3,10-12,14H2,1H3. The van der Waals surface area contributed by atoms with E-state index in [4.69, 9.17) is 14.5 Å². The molecule has 0 saturated carbocycles. The Morgan fingerprint density at radius 1 is 1.18 bits per heavy atom. The van der Waals surface area contributed by atoms with E-state index in [1.807, 2.05) is 18.2 Å². The van der Waals surface area contributed by atoms with Crippen LogP contribution in [-0.2, 0) is 14.3 Å². The van der Waals surface area contributed by atoms with Crippen molar-refractivity contribution in [3.05, 3.63) is 48.0 Å². The van der Waals surface area contributed by atoms with Crippen LogP contribution in [0.25, 0.3) is 10.2 Å². The van der Waals surface area contributed by atoms with Crippen molar-refractivity contribution in [2.24, 2.45) is 0 Å². The number of carbonyl (C=O) groups is 3. The number of rotatable bonds is 6. The number of methoxy groups -OCH3 is 1. The summed E-state index contributed by atoms with van der Waals surface area (Å²) in [5, 5.41) is 0.590. The Labute approximate surface area is 194 Å². The minimum absolute atomic E-state index is 0.0467. The predicted molar refractivity (Wildman–Crippen MR) is 125 cm³/mol. The zero-order valence-electron chi connectivity index (χ0n) is 18.2. The SMILES string of the molecule is COc1ccc2nc(N(CC3CCCO3)C(=O)c3ccc(N4C(=O)CCC4=O)cc3)sc2c1. The van der Waals surface area contributed by atoms with Gasteiger partial charge in [0.15, 0.2) is 5.13 Å². The summed E-state index contributed by atoms with van der Waals surface area (Å²) >= 11 is 1.43. The van der Waals surface area contributed by atoms with E-state index in [0.29, 0.717) is 29.5 Å². The highest BCUT2D eigenvalue weighted by Gasteiger charge is 2.31. The van der Waals surface area contributed by atoms with E-state index in [-0.39, 0.29) is 36.7 Å². The van der Waals surface area contributed by atoms with E-state index in [0.717, 1.165) is 28.8 Å². The van der Waals surface area contributed by atoms with Gasteiger partial charge in [-0.1, -0.05) is 11.3 Å². The summed E-state index contributed by atoms with van der Waals surface area (Å²) in [7, 11) is 1.61. The molecule has 3 aromatic rings. The van der Waals surface area contributed by atoms with Crippen LogP contribution in [0.5, 0.6) is 5.75 Å². The molecule has 2 saturated heterocycles. The van der Waals surface area contributed by atoms with Gasteiger partial charge < -0.3 is 9.47 Å².